The van der Waals surface area contributed by atoms with Crippen LogP contribution in [0.1, 0.15) is 23.6 Å². The Kier molecular flexibility index (Phi) is 8.71. The van der Waals surface area contributed by atoms with Gasteiger partial charge in [-0.1, -0.05) is 6.07 Å². The lowest BCUT2D eigenvalue weighted by Gasteiger charge is -2.13. The Balaban J connectivity index is 1.67. The minimum absolute atomic E-state index is 0.00776. The second-order valence-electron chi connectivity index (χ2n) is 7.86. The lowest BCUT2D eigenvalue weighted by atomic mass is 10.1. The van der Waals surface area contributed by atoms with Crippen molar-refractivity contribution in [3.63, 3.8) is 0 Å². The summed E-state index contributed by atoms with van der Waals surface area (Å²) in [5, 5.41) is 28.9. The van der Waals surface area contributed by atoms with Crippen molar-refractivity contribution in [1.29, 1.82) is 0 Å². The van der Waals surface area contributed by atoms with Crippen molar-refractivity contribution in [1.82, 2.24) is 0 Å². The number of hydrogen-bond acceptors (Lipinski definition) is 9. The molecule has 192 valence electrons. The molecule has 3 rings (SSSR count). The lowest BCUT2D eigenvalue weighted by molar-refractivity contribution is -0.393. The van der Waals surface area contributed by atoms with Gasteiger partial charge in [0, 0.05) is 11.8 Å². The third-order valence-electron chi connectivity index (χ3n) is 5.20. The van der Waals surface area contributed by atoms with E-state index in [-0.39, 0.29) is 18.2 Å². The van der Waals surface area contributed by atoms with Crippen LogP contribution in [-0.2, 0) is 4.79 Å². The van der Waals surface area contributed by atoms with Crippen molar-refractivity contribution in [2.24, 2.45) is 5.10 Å². The Morgan fingerprint density at radius 1 is 0.946 bits per heavy atom. The Hall–Kier alpha value is -5.00. The molecule has 2 N–H and O–H groups in total. The molecule has 0 aromatic heterocycles. The predicted octanol–water partition coefficient (Wildman–Crippen LogP) is 4.98. The average molecular weight is 508 g/mol. The van der Waals surface area contributed by atoms with Crippen molar-refractivity contribution in [2.75, 3.05) is 24.0 Å². The summed E-state index contributed by atoms with van der Waals surface area (Å²) in [6.45, 7) is 5.86. The number of amides is 1. The van der Waals surface area contributed by atoms with Crippen molar-refractivity contribution in [2.45, 2.75) is 20.8 Å². The van der Waals surface area contributed by atoms with Crippen molar-refractivity contribution < 1.29 is 24.1 Å². The van der Waals surface area contributed by atoms with Crippen LogP contribution >= 0.6 is 0 Å². The fourth-order valence-electron chi connectivity index (χ4n) is 3.21. The highest BCUT2D eigenvalue weighted by Gasteiger charge is 2.19. The number of aryl methyl sites for hydroxylation is 2. The van der Waals surface area contributed by atoms with Crippen LogP contribution in [0.4, 0.5) is 22.7 Å². The van der Waals surface area contributed by atoms with Gasteiger partial charge in [-0.2, -0.15) is 5.10 Å². The maximum Gasteiger partial charge on any atom is 0.301 e. The van der Waals surface area contributed by atoms with Gasteiger partial charge >= 0.3 is 5.69 Å². The van der Waals surface area contributed by atoms with Crippen LogP contribution in [0.15, 0.2) is 59.7 Å². The number of non-ortho nitro benzene ring substituents is 1. The molecule has 0 bridgehead atoms. The van der Waals surface area contributed by atoms with Crippen LogP contribution in [-0.4, -0.2) is 35.2 Å². The van der Waals surface area contributed by atoms with Crippen molar-refractivity contribution in [3.05, 3.63) is 91.5 Å². The third-order valence-corrected chi connectivity index (χ3v) is 5.20. The summed E-state index contributed by atoms with van der Waals surface area (Å²) in [5.41, 5.74) is 5.07. The standard InChI is InChI=1S/C25H25N5O7/c1-4-36-24-12-18(14-26-28-21-9-8-20(29(32)33)13-22(21)30(34)35)6-10-23(24)37-15-25(31)27-19-7-5-16(2)17(3)11-19/h5-14,28H,4,15H2,1-3H3,(H,27,31). The van der Waals surface area contributed by atoms with Crippen LogP contribution in [0, 0.1) is 34.1 Å². The zero-order valence-electron chi connectivity index (χ0n) is 20.4. The van der Waals surface area contributed by atoms with E-state index in [1.54, 1.807) is 25.1 Å². The SMILES string of the molecule is CCOc1cc(C=NNc2ccc([N+](=O)[O-])cc2[N+](=O)[O-])ccc1OCC(=O)Nc1ccc(C)c(C)c1. The van der Waals surface area contributed by atoms with Crippen LogP contribution in [0.2, 0.25) is 0 Å². The van der Waals surface area contributed by atoms with Gasteiger partial charge in [0.25, 0.3) is 11.6 Å². The fourth-order valence-corrected chi connectivity index (χ4v) is 3.21. The summed E-state index contributed by atoms with van der Waals surface area (Å²) in [5.74, 6) is 0.408. The number of hydrazone groups is 1. The molecule has 0 unspecified atom stereocenters. The van der Waals surface area contributed by atoms with Gasteiger partial charge in [0.15, 0.2) is 18.1 Å². The van der Waals surface area contributed by atoms with E-state index < -0.39 is 21.2 Å². The first-order chi connectivity index (χ1) is 17.7. The zero-order chi connectivity index (χ0) is 26.9. The fraction of sp³-hybridized carbons (Fsp3) is 0.200. The molecule has 0 heterocycles. The van der Waals surface area contributed by atoms with E-state index in [4.69, 9.17) is 9.47 Å². The van der Waals surface area contributed by atoms with E-state index in [1.807, 2.05) is 32.0 Å². The maximum atomic E-state index is 12.3. The summed E-state index contributed by atoms with van der Waals surface area (Å²) in [6.07, 6.45) is 1.39. The van der Waals surface area contributed by atoms with Gasteiger partial charge in [0.2, 0.25) is 0 Å². The number of ether oxygens (including phenoxy) is 2. The molecule has 0 aliphatic heterocycles. The Morgan fingerprint density at radius 2 is 1.73 bits per heavy atom. The van der Waals surface area contributed by atoms with E-state index in [1.165, 1.54) is 12.3 Å². The van der Waals surface area contributed by atoms with E-state index in [2.05, 4.69) is 15.8 Å². The van der Waals surface area contributed by atoms with Gasteiger partial charge in [-0.05, 0) is 73.9 Å². The van der Waals surface area contributed by atoms with Crippen LogP contribution in [0.25, 0.3) is 0 Å². The third kappa shape index (κ3) is 7.24. The minimum atomic E-state index is -0.736. The molecule has 3 aromatic carbocycles. The summed E-state index contributed by atoms with van der Waals surface area (Å²) in [6, 6.07) is 13.7. The number of nitro benzene ring substituents is 2. The highest BCUT2D eigenvalue weighted by molar-refractivity contribution is 5.92. The number of hydrogen-bond donors (Lipinski definition) is 2. The molecule has 0 spiro atoms. The van der Waals surface area contributed by atoms with Crippen molar-refractivity contribution in [3.8, 4) is 11.5 Å². The Labute approximate surface area is 212 Å². The van der Waals surface area contributed by atoms with Gasteiger partial charge in [0.05, 0.1) is 28.7 Å². The molecule has 0 saturated heterocycles. The van der Waals surface area contributed by atoms with Gasteiger partial charge in [0.1, 0.15) is 5.69 Å². The average Bonchev–Trinajstić information content (AvgIpc) is 2.86. The van der Waals surface area contributed by atoms with Crippen LogP contribution < -0.4 is 20.2 Å². The molecule has 0 atom stereocenters. The van der Waals surface area contributed by atoms with Gasteiger partial charge in [-0.25, -0.2) is 0 Å². The van der Waals surface area contributed by atoms with Gasteiger partial charge in [-0.15, -0.1) is 0 Å². The van der Waals surface area contributed by atoms with E-state index in [0.717, 1.165) is 23.3 Å². The zero-order valence-corrected chi connectivity index (χ0v) is 20.4. The molecule has 0 aliphatic carbocycles. The summed E-state index contributed by atoms with van der Waals surface area (Å²) >= 11 is 0. The van der Waals surface area contributed by atoms with Gasteiger partial charge in [-0.3, -0.25) is 30.4 Å². The normalized spacial score (nSPS) is 10.7. The molecule has 12 nitrogen and oxygen atoms in total. The number of rotatable bonds is 11. The highest BCUT2D eigenvalue weighted by Crippen LogP contribution is 2.30. The molecular weight excluding hydrogens is 482 g/mol. The molecular formula is C25H25N5O7. The number of nitro groups is 2. The maximum absolute atomic E-state index is 12.3. The Bertz CT molecular complexity index is 1360. The van der Waals surface area contributed by atoms with E-state index in [0.29, 0.717) is 29.4 Å². The van der Waals surface area contributed by atoms with Crippen LogP contribution in [0.3, 0.4) is 0 Å². The number of nitrogens with one attached hydrogen (secondary N) is 2. The Morgan fingerprint density at radius 3 is 2.41 bits per heavy atom. The molecule has 1 amide bonds. The molecule has 0 radical (unpaired) electrons. The molecule has 0 fully saturated rings. The number of carbonyl (C=O) groups excluding carboxylic acids is 1. The molecule has 3 aromatic rings. The summed E-state index contributed by atoms with van der Waals surface area (Å²) in [4.78, 5) is 33.0. The summed E-state index contributed by atoms with van der Waals surface area (Å²) in [7, 11) is 0. The van der Waals surface area contributed by atoms with E-state index in [9.17, 15) is 25.0 Å². The van der Waals surface area contributed by atoms with E-state index >= 15 is 0 Å². The number of anilines is 2. The molecule has 0 aliphatic rings. The van der Waals surface area contributed by atoms with Crippen molar-refractivity contribution >= 4 is 34.9 Å². The topological polar surface area (TPSA) is 158 Å². The van der Waals surface area contributed by atoms with Gasteiger partial charge < -0.3 is 14.8 Å². The first kappa shape index (κ1) is 26.6. The number of benzene rings is 3. The molecule has 0 saturated carbocycles. The smallest absolute Gasteiger partial charge is 0.301 e. The lowest BCUT2D eigenvalue weighted by Crippen LogP contribution is -2.20. The monoisotopic (exact) mass is 507 g/mol. The molecule has 12 heteroatoms. The minimum Gasteiger partial charge on any atom is -0.490 e. The number of carbonyl (C=O) groups is 1. The molecule has 37 heavy (non-hydrogen) atoms. The van der Waals surface area contributed by atoms with Crippen LogP contribution in [0.5, 0.6) is 11.5 Å². The largest absolute Gasteiger partial charge is 0.490 e. The summed E-state index contributed by atoms with van der Waals surface area (Å²) < 4.78 is 11.3. The number of nitrogens with zero attached hydrogens (tertiary/aromatic N) is 3. The second-order valence-corrected chi connectivity index (χ2v) is 7.86. The second kappa shape index (κ2) is 12.1. The predicted molar refractivity (Wildman–Crippen MR) is 139 cm³/mol. The first-order valence-electron chi connectivity index (χ1n) is 11.2. The highest BCUT2D eigenvalue weighted by atomic mass is 16.6. The quantitative estimate of drug-likeness (QED) is 0.209. The first-order valence-corrected chi connectivity index (χ1v) is 11.2.